The summed E-state index contributed by atoms with van der Waals surface area (Å²) in [6.45, 7) is 4.89. The zero-order valence-electron chi connectivity index (χ0n) is 26.5. The van der Waals surface area contributed by atoms with E-state index in [4.69, 9.17) is 15.9 Å². The van der Waals surface area contributed by atoms with E-state index in [1.165, 1.54) is 5.57 Å². The van der Waals surface area contributed by atoms with Crippen LogP contribution < -0.4 is 10.6 Å². The molecule has 11 nitrogen and oxygen atoms in total. The number of carbonyl (C=O) groups excluding carboxylic acids is 2. The SMILES string of the molecule is Cn1cnc(-c2ccc(C3=CCN(C(=O)CN4CC[C@]5(CCN(c6ccc(N)c(C(=N)C7CCOCC7)c6)C5=O)C4)CC3)cc2)n1. The molecule has 0 aliphatic carbocycles. The molecule has 1 aromatic heterocycles. The molecule has 3 N–H and O–H groups in total. The molecule has 4 aliphatic heterocycles. The van der Waals surface area contributed by atoms with Gasteiger partial charge in [-0.15, -0.1) is 0 Å². The Morgan fingerprint density at radius 3 is 2.54 bits per heavy atom. The number of hydrogen-bond acceptors (Lipinski definition) is 8. The number of amides is 2. The molecule has 240 valence electrons. The van der Waals surface area contributed by atoms with E-state index in [-0.39, 0.29) is 17.7 Å². The van der Waals surface area contributed by atoms with Gasteiger partial charge in [0.15, 0.2) is 5.82 Å². The van der Waals surface area contributed by atoms with Crippen LogP contribution in [0.25, 0.3) is 17.0 Å². The highest BCUT2D eigenvalue weighted by Gasteiger charge is 2.51. The van der Waals surface area contributed by atoms with Gasteiger partial charge in [0.05, 0.1) is 12.0 Å². The van der Waals surface area contributed by atoms with Gasteiger partial charge in [0.2, 0.25) is 11.8 Å². The van der Waals surface area contributed by atoms with Gasteiger partial charge in [-0.1, -0.05) is 30.3 Å². The van der Waals surface area contributed by atoms with Crippen molar-refractivity contribution in [1.82, 2.24) is 24.6 Å². The quantitative estimate of drug-likeness (QED) is 0.304. The summed E-state index contributed by atoms with van der Waals surface area (Å²) >= 11 is 0. The number of aryl methyl sites for hydroxylation is 1. The van der Waals surface area contributed by atoms with Crippen molar-refractivity contribution in [3.8, 4) is 11.4 Å². The molecule has 2 amide bonds. The largest absolute Gasteiger partial charge is 0.398 e. The molecule has 0 bridgehead atoms. The average molecular weight is 623 g/mol. The summed E-state index contributed by atoms with van der Waals surface area (Å²) in [6, 6.07) is 13.9. The predicted octanol–water partition coefficient (Wildman–Crippen LogP) is 3.60. The standard InChI is InChI=1S/C35H42N8O3/c1-40-23-38-33(39-40)27-4-2-24(3-5-27)25-8-14-42(15-9-25)31(44)21-41-16-12-35(22-41)13-17-43(34(35)45)28-6-7-30(36)29(20-28)32(37)26-10-18-46-19-11-26/h2-8,20,23,26,37H,9-19,21-22,36H2,1H3/t35-/m0/s1. The number of hydrogen-bond donors (Lipinski definition) is 2. The average Bonchev–Trinajstić information content (AvgIpc) is 3.80. The molecule has 0 unspecified atom stereocenters. The number of nitrogens with one attached hydrogen (secondary N) is 1. The summed E-state index contributed by atoms with van der Waals surface area (Å²) in [5, 5.41) is 13.2. The molecule has 7 rings (SSSR count). The molecular formula is C35H42N8O3. The Bertz CT molecular complexity index is 1670. The lowest BCUT2D eigenvalue weighted by atomic mass is 9.85. The number of aromatic nitrogens is 3. The molecule has 1 atom stereocenters. The molecule has 3 aromatic rings. The van der Waals surface area contributed by atoms with E-state index in [1.54, 1.807) is 11.0 Å². The molecule has 4 aliphatic rings. The number of anilines is 2. The summed E-state index contributed by atoms with van der Waals surface area (Å²) in [7, 11) is 1.86. The molecule has 3 saturated heterocycles. The van der Waals surface area contributed by atoms with Crippen LogP contribution in [0.15, 0.2) is 54.9 Å². The van der Waals surface area contributed by atoms with E-state index < -0.39 is 5.41 Å². The van der Waals surface area contributed by atoms with Crippen LogP contribution in [-0.2, 0) is 21.4 Å². The smallest absolute Gasteiger partial charge is 0.237 e. The maximum Gasteiger partial charge on any atom is 0.237 e. The molecule has 0 saturated carbocycles. The Morgan fingerprint density at radius 2 is 1.83 bits per heavy atom. The van der Waals surface area contributed by atoms with Crippen molar-refractivity contribution in [3.63, 3.8) is 0 Å². The number of nitrogens with two attached hydrogens (primary N) is 1. The number of benzene rings is 2. The lowest BCUT2D eigenvalue weighted by Gasteiger charge is -2.29. The van der Waals surface area contributed by atoms with Gasteiger partial charge in [0.1, 0.15) is 6.33 Å². The van der Waals surface area contributed by atoms with Crippen molar-refractivity contribution in [1.29, 1.82) is 5.41 Å². The third-order valence-electron chi connectivity index (χ3n) is 10.2. The molecule has 1 spiro atoms. The summed E-state index contributed by atoms with van der Waals surface area (Å²) in [4.78, 5) is 37.5. The monoisotopic (exact) mass is 622 g/mol. The van der Waals surface area contributed by atoms with Gasteiger partial charge in [-0.05, 0) is 68.0 Å². The van der Waals surface area contributed by atoms with Gasteiger partial charge in [-0.25, -0.2) is 4.98 Å². The minimum absolute atomic E-state index is 0.112. The van der Waals surface area contributed by atoms with E-state index in [2.05, 4.69) is 33.2 Å². The Hall–Kier alpha value is -4.35. The zero-order valence-corrected chi connectivity index (χ0v) is 26.5. The molecule has 2 aromatic carbocycles. The first-order chi connectivity index (χ1) is 22.3. The van der Waals surface area contributed by atoms with Gasteiger partial charge in [0.25, 0.3) is 0 Å². The van der Waals surface area contributed by atoms with Crippen LogP contribution in [0.4, 0.5) is 11.4 Å². The lowest BCUT2D eigenvalue weighted by molar-refractivity contribution is -0.132. The Balaban J connectivity index is 0.946. The van der Waals surface area contributed by atoms with E-state index >= 15 is 0 Å². The highest BCUT2D eigenvalue weighted by Crippen LogP contribution is 2.43. The van der Waals surface area contributed by atoms with E-state index in [9.17, 15) is 9.59 Å². The third kappa shape index (κ3) is 5.85. The molecule has 46 heavy (non-hydrogen) atoms. The predicted molar refractivity (Wildman–Crippen MR) is 177 cm³/mol. The second-order valence-electron chi connectivity index (χ2n) is 13.2. The zero-order chi connectivity index (χ0) is 31.8. The van der Waals surface area contributed by atoms with E-state index in [0.29, 0.717) is 68.7 Å². The normalized spacial score (nSPS) is 22.5. The van der Waals surface area contributed by atoms with Crippen LogP contribution in [-0.4, -0.2) is 94.6 Å². The van der Waals surface area contributed by atoms with Gasteiger partial charge in [-0.3, -0.25) is 19.2 Å². The molecule has 5 heterocycles. The molecule has 11 heteroatoms. The van der Waals surface area contributed by atoms with Crippen molar-refractivity contribution in [3.05, 3.63) is 66.0 Å². The lowest BCUT2D eigenvalue weighted by Crippen LogP contribution is -2.43. The number of nitrogen functional groups attached to an aromatic ring is 1. The van der Waals surface area contributed by atoms with Crippen LogP contribution in [0.3, 0.4) is 0 Å². The highest BCUT2D eigenvalue weighted by molar-refractivity contribution is 6.07. The second kappa shape index (κ2) is 12.4. The first kappa shape index (κ1) is 30.3. The second-order valence-corrected chi connectivity index (χ2v) is 13.2. The Morgan fingerprint density at radius 1 is 1.07 bits per heavy atom. The van der Waals surface area contributed by atoms with Crippen LogP contribution in [0.5, 0.6) is 0 Å². The summed E-state index contributed by atoms with van der Waals surface area (Å²) in [5.41, 5.74) is 11.8. The fourth-order valence-corrected chi connectivity index (χ4v) is 7.44. The fourth-order valence-electron chi connectivity index (χ4n) is 7.44. The van der Waals surface area contributed by atoms with E-state index in [0.717, 1.165) is 55.5 Å². The topological polar surface area (TPSA) is 134 Å². The first-order valence-electron chi connectivity index (χ1n) is 16.3. The van der Waals surface area contributed by atoms with E-state index in [1.807, 2.05) is 47.2 Å². The number of rotatable bonds is 7. The minimum Gasteiger partial charge on any atom is -0.398 e. The van der Waals surface area contributed by atoms with Crippen molar-refractivity contribution in [2.75, 3.05) is 63.1 Å². The van der Waals surface area contributed by atoms with Crippen molar-refractivity contribution in [2.24, 2.45) is 18.4 Å². The molecule has 0 radical (unpaired) electrons. The number of likely N-dealkylation sites (tertiary alicyclic amines) is 1. The van der Waals surface area contributed by atoms with Gasteiger partial charge < -0.3 is 25.7 Å². The molecule has 3 fully saturated rings. The van der Waals surface area contributed by atoms with Gasteiger partial charge in [0, 0.05) is 80.6 Å². The number of ether oxygens (including phenoxy) is 1. The highest BCUT2D eigenvalue weighted by atomic mass is 16.5. The van der Waals surface area contributed by atoms with Crippen LogP contribution in [0.1, 0.15) is 43.2 Å². The van der Waals surface area contributed by atoms with Crippen LogP contribution in [0.2, 0.25) is 0 Å². The van der Waals surface area contributed by atoms with Crippen molar-refractivity contribution in [2.45, 2.75) is 32.1 Å². The number of nitrogens with zero attached hydrogens (tertiary/aromatic N) is 6. The maximum atomic E-state index is 13.9. The third-order valence-corrected chi connectivity index (χ3v) is 10.2. The Kier molecular flexibility index (Phi) is 8.20. The minimum atomic E-state index is -0.470. The summed E-state index contributed by atoms with van der Waals surface area (Å²) in [5.74, 6) is 1.06. The van der Waals surface area contributed by atoms with Crippen molar-refractivity contribution < 1.29 is 14.3 Å². The number of carbonyl (C=O) groups is 2. The van der Waals surface area contributed by atoms with Gasteiger partial charge in [-0.2, -0.15) is 5.10 Å². The Labute approximate surface area is 269 Å². The van der Waals surface area contributed by atoms with Crippen LogP contribution in [0, 0.1) is 16.7 Å². The maximum absolute atomic E-state index is 13.9. The summed E-state index contributed by atoms with van der Waals surface area (Å²) < 4.78 is 7.17. The van der Waals surface area contributed by atoms with Gasteiger partial charge >= 0.3 is 0 Å². The van der Waals surface area contributed by atoms with Crippen molar-refractivity contribution >= 4 is 34.5 Å². The fraction of sp³-hybridized carbons (Fsp3) is 0.457. The first-order valence-corrected chi connectivity index (χ1v) is 16.3. The van der Waals surface area contributed by atoms with Crippen LogP contribution >= 0.6 is 0 Å². The summed E-state index contributed by atoms with van der Waals surface area (Å²) in [6.07, 6.45) is 7.80. The molecular weight excluding hydrogens is 580 g/mol.